The molecule has 0 saturated carbocycles. The number of carbonyl (C=O) groups excluding carboxylic acids is 1. The number of nitriles is 1. The van der Waals surface area contributed by atoms with E-state index in [-0.39, 0.29) is 5.91 Å². The van der Waals surface area contributed by atoms with Crippen LogP contribution in [0.15, 0.2) is 42.5 Å². The summed E-state index contributed by atoms with van der Waals surface area (Å²) in [5.41, 5.74) is 2.69. The summed E-state index contributed by atoms with van der Waals surface area (Å²) >= 11 is 0. The van der Waals surface area contributed by atoms with E-state index < -0.39 is 0 Å². The molecule has 0 unspecified atom stereocenters. The molecular formula is C21H23N3O2. The van der Waals surface area contributed by atoms with Crippen LogP contribution in [0.25, 0.3) is 11.3 Å². The van der Waals surface area contributed by atoms with Gasteiger partial charge in [0, 0.05) is 37.4 Å². The molecule has 26 heavy (non-hydrogen) atoms. The molecule has 0 atom stereocenters. The fraction of sp³-hybridized carbons (Fsp3) is 0.381. The minimum Gasteiger partial charge on any atom is -0.381 e. The fourth-order valence-electron chi connectivity index (χ4n) is 3.22. The van der Waals surface area contributed by atoms with E-state index in [2.05, 4.69) is 4.98 Å². The average molecular weight is 349 g/mol. The predicted octanol–water partition coefficient (Wildman–Crippen LogP) is 3.51. The van der Waals surface area contributed by atoms with Crippen molar-refractivity contribution in [2.45, 2.75) is 19.8 Å². The van der Waals surface area contributed by atoms with Gasteiger partial charge in [-0.1, -0.05) is 18.2 Å². The van der Waals surface area contributed by atoms with Crippen molar-refractivity contribution < 1.29 is 9.53 Å². The quantitative estimate of drug-likeness (QED) is 0.828. The fourth-order valence-corrected chi connectivity index (χ4v) is 3.22. The molecule has 0 radical (unpaired) electrons. The Kier molecular flexibility index (Phi) is 5.98. The van der Waals surface area contributed by atoms with Crippen molar-refractivity contribution in [2.24, 2.45) is 5.92 Å². The smallest absolute Gasteiger partial charge is 0.253 e. The lowest BCUT2D eigenvalue weighted by atomic mass is 9.99. The Morgan fingerprint density at radius 3 is 2.62 bits per heavy atom. The number of carbonyl (C=O) groups is 1. The molecule has 0 bridgehead atoms. The number of rotatable bonds is 5. The van der Waals surface area contributed by atoms with Gasteiger partial charge in [-0.3, -0.25) is 4.79 Å². The Morgan fingerprint density at radius 2 is 1.96 bits per heavy atom. The van der Waals surface area contributed by atoms with E-state index in [1.807, 2.05) is 54.3 Å². The number of aromatic nitrogens is 1. The summed E-state index contributed by atoms with van der Waals surface area (Å²) in [5.74, 6) is 0.578. The molecule has 1 aromatic heterocycles. The maximum Gasteiger partial charge on any atom is 0.253 e. The lowest BCUT2D eigenvalue weighted by Crippen LogP contribution is -2.37. The molecule has 1 fully saturated rings. The first kappa shape index (κ1) is 18.1. The summed E-state index contributed by atoms with van der Waals surface area (Å²) in [6, 6.07) is 14.9. The summed E-state index contributed by atoms with van der Waals surface area (Å²) in [7, 11) is 0. The van der Waals surface area contributed by atoms with Crippen LogP contribution in [0.5, 0.6) is 0 Å². The van der Waals surface area contributed by atoms with Crippen LogP contribution in [0.2, 0.25) is 0 Å². The zero-order valence-corrected chi connectivity index (χ0v) is 15.0. The number of nitrogens with zero attached hydrogens (tertiary/aromatic N) is 3. The molecule has 1 saturated heterocycles. The molecule has 1 amide bonds. The lowest BCUT2D eigenvalue weighted by Gasteiger charge is -2.29. The monoisotopic (exact) mass is 349 g/mol. The van der Waals surface area contributed by atoms with Crippen LogP contribution < -0.4 is 0 Å². The van der Waals surface area contributed by atoms with E-state index in [1.54, 1.807) is 6.07 Å². The van der Waals surface area contributed by atoms with Crippen molar-refractivity contribution in [3.05, 3.63) is 53.7 Å². The van der Waals surface area contributed by atoms with Gasteiger partial charge in [0.05, 0.1) is 5.69 Å². The van der Waals surface area contributed by atoms with Gasteiger partial charge in [-0.2, -0.15) is 5.26 Å². The van der Waals surface area contributed by atoms with Crippen molar-refractivity contribution in [1.82, 2.24) is 9.88 Å². The maximum atomic E-state index is 12.8. The summed E-state index contributed by atoms with van der Waals surface area (Å²) in [4.78, 5) is 19.0. The van der Waals surface area contributed by atoms with E-state index in [0.717, 1.165) is 43.9 Å². The molecule has 1 aliphatic heterocycles. The number of pyridine rings is 1. The van der Waals surface area contributed by atoms with Gasteiger partial charge in [0.25, 0.3) is 5.91 Å². The zero-order valence-electron chi connectivity index (χ0n) is 15.0. The third-order valence-corrected chi connectivity index (χ3v) is 4.78. The van der Waals surface area contributed by atoms with Crippen LogP contribution >= 0.6 is 0 Å². The standard InChI is InChI=1S/C21H23N3O2/c1-2-24(15-16-10-12-26-13-11-16)21(25)18-8-6-17(7-9-18)20-5-3-4-19(14-22)23-20/h3-9,16H,2,10-13,15H2,1H3. The maximum absolute atomic E-state index is 12.8. The summed E-state index contributed by atoms with van der Waals surface area (Å²) < 4.78 is 5.40. The van der Waals surface area contributed by atoms with Crippen molar-refractivity contribution >= 4 is 5.91 Å². The number of hydrogen-bond acceptors (Lipinski definition) is 4. The Bertz CT molecular complexity index is 790. The molecule has 5 heteroatoms. The largest absolute Gasteiger partial charge is 0.381 e. The van der Waals surface area contributed by atoms with Crippen LogP contribution in [0, 0.1) is 17.2 Å². The summed E-state index contributed by atoms with van der Waals surface area (Å²) in [6.07, 6.45) is 2.03. The molecule has 1 aromatic carbocycles. The number of hydrogen-bond donors (Lipinski definition) is 0. The van der Waals surface area contributed by atoms with Gasteiger partial charge >= 0.3 is 0 Å². The first-order valence-electron chi connectivity index (χ1n) is 9.06. The Morgan fingerprint density at radius 1 is 1.23 bits per heavy atom. The van der Waals surface area contributed by atoms with Crippen LogP contribution in [0.3, 0.4) is 0 Å². The topological polar surface area (TPSA) is 66.2 Å². The van der Waals surface area contributed by atoms with Crippen LogP contribution in [0.4, 0.5) is 0 Å². The van der Waals surface area contributed by atoms with Gasteiger partial charge in [0.1, 0.15) is 11.8 Å². The normalized spacial score (nSPS) is 14.6. The number of ether oxygens (including phenoxy) is 1. The molecule has 2 aromatic rings. The van der Waals surface area contributed by atoms with Crippen molar-refractivity contribution in [2.75, 3.05) is 26.3 Å². The molecule has 134 valence electrons. The van der Waals surface area contributed by atoms with Gasteiger partial charge in [-0.25, -0.2) is 4.98 Å². The molecule has 5 nitrogen and oxygen atoms in total. The van der Waals surface area contributed by atoms with Gasteiger partial charge in [-0.15, -0.1) is 0 Å². The van der Waals surface area contributed by atoms with E-state index in [0.29, 0.717) is 23.7 Å². The molecule has 0 spiro atoms. The molecule has 0 N–H and O–H groups in total. The first-order chi connectivity index (χ1) is 12.7. The molecular weight excluding hydrogens is 326 g/mol. The van der Waals surface area contributed by atoms with E-state index in [1.165, 1.54) is 0 Å². The highest BCUT2D eigenvalue weighted by Crippen LogP contribution is 2.20. The minimum absolute atomic E-state index is 0.0595. The van der Waals surface area contributed by atoms with E-state index in [9.17, 15) is 4.79 Å². The average Bonchev–Trinajstić information content (AvgIpc) is 2.72. The Balaban J connectivity index is 1.71. The van der Waals surface area contributed by atoms with Gasteiger partial charge in [0.2, 0.25) is 0 Å². The second-order valence-electron chi connectivity index (χ2n) is 6.50. The predicted molar refractivity (Wildman–Crippen MR) is 99.5 cm³/mol. The SMILES string of the molecule is CCN(CC1CCOCC1)C(=O)c1ccc(-c2cccc(C#N)n2)cc1. The number of benzene rings is 1. The van der Waals surface area contributed by atoms with Crippen molar-refractivity contribution in [1.29, 1.82) is 5.26 Å². The minimum atomic E-state index is 0.0595. The van der Waals surface area contributed by atoms with Crippen LogP contribution in [-0.2, 0) is 4.74 Å². The first-order valence-corrected chi connectivity index (χ1v) is 9.06. The van der Waals surface area contributed by atoms with Crippen LogP contribution in [0.1, 0.15) is 35.8 Å². The van der Waals surface area contributed by atoms with E-state index >= 15 is 0 Å². The second-order valence-corrected chi connectivity index (χ2v) is 6.50. The third kappa shape index (κ3) is 4.27. The van der Waals surface area contributed by atoms with Gasteiger partial charge in [0.15, 0.2) is 0 Å². The highest BCUT2D eigenvalue weighted by molar-refractivity contribution is 5.94. The molecule has 1 aliphatic rings. The Hall–Kier alpha value is -2.71. The summed E-state index contributed by atoms with van der Waals surface area (Å²) in [5, 5.41) is 8.98. The molecule has 2 heterocycles. The highest BCUT2D eigenvalue weighted by atomic mass is 16.5. The Labute approximate surface area is 154 Å². The highest BCUT2D eigenvalue weighted by Gasteiger charge is 2.21. The zero-order chi connectivity index (χ0) is 18.4. The van der Waals surface area contributed by atoms with Crippen molar-refractivity contribution in [3.8, 4) is 17.3 Å². The number of amides is 1. The van der Waals surface area contributed by atoms with Crippen molar-refractivity contribution in [3.63, 3.8) is 0 Å². The summed E-state index contributed by atoms with van der Waals surface area (Å²) in [6.45, 7) is 5.08. The molecule has 0 aliphatic carbocycles. The van der Waals surface area contributed by atoms with Gasteiger partial charge < -0.3 is 9.64 Å². The molecule has 3 rings (SSSR count). The lowest BCUT2D eigenvalue weighted by molar-refractivity contribution is 0.0467. The van der Waals surface area contributed by atoms with Gasteiger partial charge in [-0.05, 0) is 49.9 Å². The van der Waals surface area contributed by atoms with Crippen LogP contribution in [-0.4, -0.2) is 42.1 Å². The van der Waals surface area contributed by atoms with E-state index in [4.69, 9.17) is 10.00 Å². The second kappa shape index (κ2) is 8.59. The third-order valence-electron chi connectivity index (χ3n) is 4.78.